The number of aromatic nitrogens is 1. The maximum atomic E-state index is 13.1. The zero-order valence-corrected chi connectivity index (χ0v) is 16.0. The van der Waals surface area contributed by atoms with E-state index in [-0.39, 0.29) is 11.7 Å². The fraction of sp³-hybridized carbons (Fsp3) is 0.368. The minimum Gasteiger partial charge on any atom is -0.493 e. The first-order valence-electron chi connectivity index (χ1n) is 8.64. The number of hydrogen-bond donors (Lipinski definition) is 0. The van der Waals surface area contributed by atoms with Gasteiger partial charge >= 0.3 is 0 Å². The van der Waals surface area contributed by atoms with E-state index in [0.717, 1.165) is 23.4 Å². The number of halogens is 2. The molecule has 138 valence electrons. The summed E-state index contributed by atoms with van der Waals surface area (Å²) in [6, 6.07) is 9.98. The normalized spacial score (nSPS) is 14.4. The second-order valence-electron chi connectivity index (χ2n) is 6.11. The molecule has 0 saturated carbocycles. The number of benzene rings is 1. The van der Waals surface area contributed by atoms with Gasteiger partial charge in [-0.15, -0.1) is 0 Å². The highest BCUT2D eigenvalue weighted by Crippen LogP contribution is 2.17. The Bertz CT molecular complexity index is 734. The number of piperazine rings is 1. The average molecular weight is 422 g/mol. The van der Waals surface area contributed by atoms with Crippen molar-refractivity contribution < 1.29 is 13.9 Å². The van der Waals surface area contributed by atoms with Gasteiger partial charge in [0.15, 0.2) is 0 Å². The second-order valence-corrected chi connectivity index (χ2v) is 7.03. The minimum atomic E-state index is -0.322. The Morgan fingerprint density at radius 2 is 2.00 bits per heavy atom. The van der Waals surface area contributed by atoms with Gasteiger partial charge < -0.3 is 14.5 Å². The van der Waals surface area contributed by atoms with Crippen LogP contribution < -0.4 is 9.64 Å². The van der Waals surface area contributed by atoms with Gasteiger partial charge in [-0.25, -0.2) is 9.37 Å². The van der Waals surface area contributed by atoms with Crippen molar-refractivity contribution in [3.05, 3.63) is 52.9 Å². The maximum Gasteiger partial charge on any atom is 0.222 e. The Labute approximate surface area is 160 Å². The Balaban J connectivity index is 1.37. The van der Waals surface area contributed by atoms with E-state index < -0.39 is 0 Å². The molecule has 0 N–H and O–H groups in total. The summed E-state index contributed by atoms with van der Waals surface area (Å²) in [5.74, 6) is 1.24. The van der Waals surface area contributed by atoms with Crippen LogP contribution >= 0.6 is 15.9 Å². The highest BCUT2D eigenvalue weighted by atomic mass is 79.9. The molecule has 5 nitrogen and oxygen atoms in total. The molecule has 0 atom stereocenters. The Morgan fingerprint density at radius 3 is 2.69 bits per heavy atom. The fourth-order valence-electron chi connectivity index (χ4n) is 2.87. The van der Waals surface area contributed by atoms with Crippen LogP contribution in [0.2, 0.25) is 0 Å². The fourth-order valence-corrected chi connectivity index (χ4v) is 3.10. The van der Waals surface area contributed by atoms with Crippen LogP contribution in [-0.2, 0) is 4.79 Å². The molecule has 1 aromatic heterocycles. The molecule has 1 aromatic carbocycles. The molecule has 1 saturated heterocycles. The van der Waals surface area contributed by atoms with Gasteiger partial charge in [-0.3, -0.25) is 4.79 Å². The number of ether oxygens (including phenoxy) is 1. The summed E-state index contributed by atoms with van der Waals surface area (Å²) in [6.07, 6.45) is 2.83. The van der Waals surface area contributed by atoms with Gasteiger partial charge in [0.25, 0.3) is 0 Å². The van der Waals surface area contributed by atoms with Crippen LogP contribution in [0, 0.1) is 5.82 Å². The van der Waals surface area contributed by atoms with Gasteiger partial charge in [0.05, 0.1) is 6.61 Å². The van der Waals surface area contributed by atoms with Crippen LogP contribution in [0.3, 0.4) is 0 Å². The van der Waals surface area contributed by atoms with Crippen LogP contribution in [-0.4, -0.2) is 48.6 Å². The zero-order valence-electron chi connectivity index (χ0n) is 14.4. The predicted molar refractivity (Wildman–Crippen MR) is 102 cm³/mol. The summed E-state index contributed by atoms with van der Waals surface area (Å²) in [5, 5.41) is 0. The van der Waals surface area contributed by atoms with Gasteiger partial charge in [0, 0.05) is 49.3 Å². The molecule has 26 heavy (non-hydrogen) atoms. The van der Waals surface area contributed by atoms with E-state index in [4.69, 9.17) is 4.74 Å². The van der Waals surface area contributed by atoms with Crippen molar-refractivity contribution in [3.63, 3.8) is 0 Å². The number of rotatable bonds is 6. The van der Waals surface area contributed by atoms with Gasteiger partial charge in [0.1, 0.15) is 17.4 Å². The SMILES string of the molecule is O=C(CCCOc1cccc(F)c1)N1CCN(c2ccc(Br)cn2)CC1. The van der Waals surface area contributed by atoms with Crippen molar-refractivity contribution in [1.82, 2.24) is 9.88 Å². The first kappa shape index (κ1) is 18.6. The molecular formula is C19H21BrFN3O2. The molecule has 1 fully saturated rings. The second kappa shape index (κ2) is 8.98. The monoisotopic (exact) mass is 421 g/mol. The molecule has 0 spiro atoms. The molecule has 0 aliphatic carbocycles. The van der Waals surface area contributed by atoms with Gasteiger partial charge in [-0.2, -0.15) is 0 Å². The molecule has 1 amide bonds. The third kappa shape index (κ3) is 5.17. The largest absolute Gasteiger partial charge is 0.493 e. The molecule has 0 bridgehead atoms. The Kier molecular flexibility index (Phi) is 6.44. The zero-order chi connectivity index (χ0) is 18.4. The lowest BCUT2D eigenvalue weighted by Gasteiger charge is -2.35. The number of nitrogens with zero attached hydrogens (tertiary/aromatic N) is 3. The number of anilines is 1. The standard InChI is InChI=1S/C19H21BrFN3O2/c20-15-6-7-18(22-14-15)23-8-10-24(11-9-23)19(25)5-2-12-26-17-4-1-3-16(21)13-17/h1,3-4,6-7,13-14H,2,5,8-12H2. The van der Waals surface area contributed by atoms with Crippen molar-refractivity contribution in [3.8, 4) is 5.75 Å². The van der Waals surface area contributed by atoms with E-state index in [1.165, 1.54) is 12.1 Å². The highest BCUT2D eigenvalue weighted by Gasteiger charge is 2.21. The summed E-state index contributed by atoms with van der Waals surface area (Å²) in [6.45, 7) is 3.35. The van der Waals surface area contributed by atoms with E-state index in [0.29, 0.717) is 38.3 Å². The van der Waals surface area contributed by atoms with Gasteiger partial charge in [0.2, 0.25) is 5.91 Å². The first-order valence-corrected chi connectivity index (χ1v) is 9.44. The quantitative estimate of drug-likeness (QED) is 0.669. The smallest absolute Gasteiger partial charge is 0.222 e. The Hall–Kier alpha value is -2.15. The molecule has 7 heteroatoms. The maximum absolute atomic E-state index is 13.1. The van der Waals surface area contributed by atoms with Crippen molar-refractivity contribution in [2.75, 3.05) is 37.7 Å². The molecular weight excluding hydrogens is 401 g/mol. The van der Waals surface area contributed by atoms with E-state index in [1.807, 2.05) is 17.0 Å². The van der Waals surface area contributed by atoms with Crippen molar-refractivity contribution in [1.29, 1.82) is 0 Å². The topological polar surface area (TPSA) is 45.7 Å². The number of carbonyl (C=O) groups is 1. The van der Waals surface area contributed by atoms with Crippen LogP contribution in [0.25, 0.3) is 0 Å². The number of amides is 1. The molecule has 2 aromatic rings. The average Bonchev–Trinajstić information content (AvgIpc) is 2.66. The molecule has 3 rings (SSSR count). The van der Waals surface area contributed by atoms with E-state index in [9.17, 15) is 9.18 Å². The first-order chi connectivity index (χ1) is 12.6. The molecule has 1 aliphatic heterocycles. The van der Waals surface area contributed by atoms with Crippen molar-refractivity contribution >= 4 is 27.7 Å². The third-order valence-corrected chi connectivity index (χ3v) is 4.74. The highest BCUT2D eigenvalue weighted by molar-refractivity contribution is 9.10. The lowest BCUT2D eigenvalue weighted by Crippen LogP contribution is -2.49. The molecule has 0 unspecified atom stereocenters. The minimum absolute atomic E-state index is 0.135. The summed E-state index contributed by atoms with van der Waals surface area (Å²) < 4.78 is 19.5. The third-order valence-electron chi connectivity index (χ3n) is 4.27. The summed E-state index contributed by atoms with van der Waals surface area (Å²) >= 11 is 3.38. The van der Waals surface area contributed by atoms with E-state index in [1.54, 1.807) is 18.3 Å². The summed E-state index contributed by atoms with van der Waals surface area (Å²) in [4.78, 5) is 20.8. The summed E-state index contributed by atoms with van der Waals surface area (Å²) in [7, 11) is 0. The molecule has 1 aliphatic rings. The number of pyridine rings is 1. The van der Waals surface area contributed by atoms with E-state index in [2.05, 4.69) is 25.8 Å². The molecule has 0 radical (unpaired) electrons. The van der Waals surface area contributed by atoms with Crippen LogP contribution in [0.4, 0.5) is 10.2 Å². The summed E-state index contributed by atoms with van der Waals surface area (Å²) in [5.41, 5.74) is 0. The lowest BCUT2D eigenvalue weighted by molar-refractivity contribution is -0.131. The lowest BCUT2D eigenvalue weighted by atomic mass is 10.2. The van der Waals surface area contributed by atoms with E-state index >= 15 is 0 Å². The van der Waals surface area contributed by atoms with Gasteiger partial charge in [-0.1, -0.05) is 6.07 Å². The van der Waals surface area contributed by atoms with Crippen LogP contribution in [0.1, 0.15) is 12.8 Å². The molecule has 2 heterocycles. The predicted octanol–water partition coefficient (Wildman–Crippen LogP) is 3.49. The van der Waals surface area contributed by atoms with Crippen molar-refractivity contribution in [2.45, 2.75) is 12.8 Å². The van der Waals surface area contributed by atoms with Crippen LogP contribution in [0.5, 0.6) is 5.75 Å². The number of hydrogen-bond acceptors (Lipinski definition) is 4. The van der Waals surface area contributed by atoms with Crippen molar-refractivity contribution in [2.24, 2.45) is 0 Å². The van der Waals surface area contributed by atoms with Gasteiger partial charge in [-0.05, 0) is 46.6 Å². The van der Waals surface area contributed by atoms with Crippen LogP contribution in [0.15, 0.2) is 47.1 Å². The number of carbonyl (C=O) groups excluding carboxylic acids is 1. The Morgan fingerprint density at radius 1 is 1.19 bits per heavy atom.